The number of aromatic nitrogens is 1. The fraction of sp³-hybridized carbons (Fsp3) is 0.227. The van der Waals surface area contributed by atoms with Gasteiger partial charge in [-0.2, -0.15) is 0 Å². The molecule has 2 aliphatic rings. The van der Waals surface area contributed by atoms with Crippen molar-refractivity contribution in [2.24, 2.45) is 0 Å². The quantitative estimate of drug-likeness (QED) is 0.697. The van der Waals surface area contributed by atoms with Gasteiger partial charge in [0.25, 0.3) is 0 Å². The number of benzene rings is 2. The van der Waals surface area contributed by atoms with Gasteiger partial charge >= 0.3 is 0 Å². The Labute approximate surface area is 157 Å². The highest BCUT2D eigenvalue weighted by Crippen LogP contribution is 2.33. The topological polar surface area (TPSA) is 54.6 Å². The maximum atomic E-state index is 12.8. The normalized spacial score (nSPS) is 15.6. The van der Waals surface area contributed by atoms with Crippen LogP contribution in [0.1, 0.15) is 24.0 Å². The van der Waals surface area contributed by atoms with Crippen LogP contribution in [0.5, 0.6) is 11.5 Å². The number of aromatic amines is 1. The summed E-state index contributed by atoms with van der Waals surface area (Å²) in [5, 5.41) is 1.17. The van der Waals surface area contributed by atoms with Crippen molar-refractivity contribution < 1.29 is 14.3 Å². The second-order valence-corrected chi connectivity index (χ2v) is 7.04. The molecule has 0 atom stereocenters. The summed E-state index contributed by atoms with van der Waals surface area (Å²) >= 11 is 0. The third kappa shape index (κ3) is 3.28. The maximum absolute atomic E-state index is 12.8. The molecule has 1 fully saturated rings. The van der Waals surface area contributed by atoms with Gasteiger partial charge in [-0.05, 0) is 65.8 Å². The highest BCUT2D eigenvalue weighted by molar-refractivity contribution is 5.92. The predicted octanol–water partition coefficient (Wildman–Crippen LogP) is 4.10. The van der Waals surface area contributed by atoms with Crippen LogP contribution in [0.4, 0.5) is 0 Å². The van der Waals surface area contributed by atoms with Crippen LogP contribution in [-0.2, 0) is 11.3 Å². The zero-order valence-electron chi connectivity index (χ0n) is 14.9. The number of nitrogens with one attached hydrogen (secondary N) is 1. The standard InChI is InChI=1S/C22H20N2O3/c25-22(8-3-15-2-7-20-21(12-15)27-14-26-20)24(18-4-5-18)13-16-1-6-19-17(11-16)9-10-23-19/h1-3,6-12,18,23H,4-5,13-14H2/b8-3+. The van der Waals surface area contributed by atoms with Crippen LogP contribution in [0.25, 0.3) is 17.0 Å². The summed E-state index contributed by atoms with van der Waals surface area (Å²) in [5.74, 6) is 1.52. The van der Waals surface area contributed by atoms with E-state index >= 15 is 0 Å². The molecule has 0 radical (unpaired) electrons. The molecule has 3 aromatic rings. The number of hydrogen-bond acceptors (Lipinski definition) is 3. The molecule has 5 nitrogen and oxygen atoms in total. The minimum absolute atomic E-state index is 0.0457. The zero-order valence-corrected chi connectivity index (χ0v) is 14.9. The first-order valence-corrected chi connectivity index (χ1v) is 9.21. The van der Waals surface area contributed by atoms with E-state index in [0.717, 1.165) is 41.0 Å². The molecule has 0 saturated heterocycles. The lowest BCUT2D eigenvalue weighted by molar-refractivity contribution is -0.127. The highest BCUT2D eigenvalue weighted by Gasteiger charge is 2.31. The van der Waals surface area contributed by atoms with E-state index < -0.39 is 0 Å². The van der Waals surface area contributed by atoms with Crippen molar-refractivity contribution in [3.8, 4) is 11.5 Å². The van der Waals surface area contributed by atoms with Crippen molar-refractivity contribution >= 4 is 22.9 Å². The van der Waals surface area contributed by atoms with Crippen LogP contribution >= 0.6 is 0 Å². The van der Waals surface area contributed by atoms with Crippen molar-refractivity contribution in [3.63, 3.8) is 0 Å². The summed E-state index contributed by atoms with van der Waals surface area (Å²) in [6.07, 6.45) is 7.60. The summed E-state index contributed by atoms with van der Waals surface area (Å²) in [6.45, 7) is 0.887. The number of ether oxygens (including phenoxy) is 2. The van der Waals surface area contributed by atoms with Crippen molar-refractivity contribution in [2.75, 3.05) is 6.79 Å². The number of fused-ring (bicyclic) bond motifs is 2. The molecule has 5 heteroatoms. The molecule has 1 N–H and O–H groups in total. The number of rotatable bonds is 5. The van der Waals surface area contributed by atoms with E-state index in [1.165, 1.54) is 5.39 Å². The molecule has 1 aliphatic carbocycles. The van der Waals surface area contributed by atoms with Gasteiger partial charge in [-0.1, -0.05) is 12.1 Å². The number of H-pyrrole nitrogens is 1. The van der Waals surface area contributed by atoms with Crippen LogP contribution in [-0.4, -0.2) is 28.6 Å². The smallest absolute Gasteiger partial charge is 0.247 e. The minimum atomic E-state index is 0.0457. The predicted molar refractivity (Wildman–Crippen MR) is 103 cm³/mol. The molecule has 27 heavy (non-hydrogen) atoms. The molecule has 1 saturated carbocycles. The van der Waals surface area contributed by atoms with Crippen molar-refractivity contribution in [1.29, 1.82) is 0 Å². The first kappa shape index (κ1) is 16.0. The summed E-state index contributed by atoms with van der Waals surface area (Å²) in [6, 6.07) is 14.4. The largest absolute Gasteiger partial charge is 0.454 e. The number of carbonyl (C=O) groups excluding carboxylic acids is 1. The van der Waals surface area contributed by atoms with Gasteiger partial charge < -0.3 is 19.4 Å². The Morgan fingerprint density at radius 3 is 2.89 bits per heavy atom. The van der Waals surface area contributed by atoms with Gasteiger partial charge in [0, 0.05) is 30.4 Å². The van der Waals surface area contributed by atoms with Crippen molar-refractivity contribution in [1.82, 2.24) is 9.88 Å². The van der Waals surface area contributed by atoms with Crippen LogP contribution in [0, 0.1) is 0 Å². The molecule has 2 heterocycles. The number of carbonyl (C=O) groups is 1. The number of hydrogen-bond donors (Lipinski definition) is 1. The fourth-order valence-corrected chi connectivity index (χ4v) is 3.45. The Bertz CT molecular complexity index is 1030. The number of nitrogens with zero attached hydrogens (tertiary/aromatic N) is 1. The lowest BCUT2D eigenvalue weighted by Gasteiger charge is -2.21. The molecule has 1 amide bonds. The average Bonchev–Trinajstić information content (AvgIpc) is 3.23. The van der Waals surface area contributed by atoms with E-state index in [4.69, 9.17) is 9.47 Å². The SMILES string of the molecule is O=C(/C=C/c1ccc2c(c1)OCO2)N(Cc1ccc2[nH]ccc2c1)C1CC1. The van der Waals surface area contributed by atoms with Gasteiger partial charge in [-0.15, -0.1) is 0 Å². The van der Waals surface area contributed by atoms with Crippen LogP contribution in [0.3, 0.4) is 0 Å². The minimum Gasteiger partial charge on any atom is -0.454 e. The highest BCUT2D eigenvalue weighted by atomic mass is 16.7. The Morgan fingerprint density at radius 1 is 1.11 bits per heavy atom. The molecule has 1 aromatic heterocycles. The van der Waals surface area contributed by atoms with Gasteiger partial charge in [-0.25, -0.2) is 0 Å². The van der Waals surface area contributed by atoms with Gasteiger partial charge in [0.1, 0.15) is 0 Å². The van der Waals surface area contributed by atoms with Gasteiger partial charge in [0.05, 0.1) is 0 Å². The average molecular weight is 360 g/mol. The molecule has 0 unspecified atom stereocenters. The molecule has 136 valence electrons. The fourth-order valence-electron chi connectivity index (χ4n) is 3.45. The van der Waals surface area contributed by atoms with E-state index in [0.29, 0.717) is 12.6 Å². The first-order valence-electron chi connectivity index (χ1n) is 9.21. The Morgan fingerprint density at radius 2 is 2.00 bits per heavy atom. The van der Waals surface area contributed by atoms with Crippen LogP contribution in [0.15, 0.2) is 54.7 Å². The maximum Gasteiger partial charge on any atom is 0.247 e. The third-order valence-electron chi connectivity index (χ3n) is 5.06. The molecule has 0 bridgehead atoms. The first-order chi connectivity index (χ1) is 13.3. The summed E-state index contributed by atoms with van der Waals surface area (Å²) in [7, 11) is 0. The van der Waals surface area contributed by atoms with Gasteiger partial charge in [-0.3, -0.25) is 4.79 Å². The van der Waals surface area contributed by atoms with E-state index in [2.05, 4.69) is 29.2 Å². The Balaban J connectivity index is 1.33. The summed E-state index contributed by atoms with van der Waals surface area (Å²) in [4.78, 5) is 18.0. The summed E-state index contributed by atoms with van der Waals surface area (Å²) in [5.41, 5.74) is 3.20. The Hall–Kier alpha value is -3.21. The van der Waals surface area contributed by atoms with Crippen molar-refractivity contribution in [2.45, 2.75) is 25.4 Å². The lowest BCUT2D eigenvalue weighted by Crippen LogP contribution is -2.31. The van der Waals surface area contributed by atoms with E-state index in [-0.39, 0.29) is 12.7 Å². The second-order valence-electron chi connectivity index (χ2n) is 7.04. The van der Waals surface area contributed by atoms with Crippen LogP contribution in [0.2, 0.25) is 0 Å². The van der Waals surface area contributed by atoms with E-state index in [9.17, 15) is 4.79 Å². The lowest BCUT2D eigenvalue weighted by atomic mass is 10.1. The van der Waals surface area contributed by atoms with E-state index in [1.807, 2.05) is 35.4 Å². The molecule has 0 spiro atoms. The molecular weight excluding hydrogens is 340 g/mol. The molecule has 1 aliphatic heterocycles. The van der Waals surface area contributed by atoms with Gasteiger partial charge in [0.15, 0.2) is 11.5 Å². The van der Waals surface area contributed by atoms with Crippen molar-refractivity contribution in [3.05, 3.63) is 65.9 Å². The third-order valence-corrected chi connectivity index (χ3v) is 5.06. The Kier molecular flexibility index (Phi) is 3.85. The molecule has 5 rings (SSSR count). The second kappa shape index (κ2) is 6.50. The van der Waals surface area contributed by atoms with Gasteiger partial charge in [0.2, 0.25) is 12.7 Å². The van der Waals surface area contributed by atoms with Crippen LogP contribution < -0.4 is 9.47 Å². The van der Waals surface area contributed by atoms with E-state index in [1.54, 1.807) is 6.08 Å². The monoisotopic (exact) mass is 360 g/mol. The molecular formula is C22H20N2O3. The molecule has 2 aromatic carbocycles. The zero-order chi connectivity index (χ0) is 18.2. The number of amides is 1. The summed E-state index contributed by atoms with van der Waals surface area (Å²) < 4.78 is 10.7.